The van der Waals surface area contributed by atoms with Crippen LogP contribution in [0.3, 0.4) is 0 Å². The van der Waals surface area contributed by atoms with Crippen LogP contribution in [0.4, 0.5) is 5.00 Å². The predicted molar refractivity (Wildman–Crippen MR) is 79.4 cm³/mol. The van der Waals surface area contributed by atoms with Gasteiger partial charge in [-0.3, -0.25) is 4.79 Å². The summed E-state index contributed by atoms with van der Waals surface area (Å²) in [6.45, 7) is 1.95. The first kappa shape index (κ1) is 16.5. The summed E-state index contributed by atoms with van der Waals surface area (Å²) in [6, 6.07) is 1.58. The number of ether oxygens (including phenoxy) is 1. The van der Waals surface area contributed by atoms with Crippen molar-refractivity contribution in [1.29, 1.82) is 0 Å². The molecule has 1 aliphatic rings. The number of rotatable bonds is 5. The maximum Gasteiger partial charge on any atom is 0.341 e. The number of carboxylic acids is 1. The Bertz CT molecular complexity index is 568. The molecule has 1 N–H and O–H groups in total. The van der Waals surface area contributed by atoms with Crippen molar-refractivity contribution in [1.82, 2.24) is 0 Å². The Morgan fingerprint density at radius 3 is 2.64 bits per heavy atom. The highest BCUT2D eigenvalue weighted by Crippen LogP contribution is 2.32. The first-order valence-electron chi connectivity index (χ1n) is 7.31. The standard InChI is InChI=1S/C15H19NO5S/c1-2-21-15(20)11-7-8-22-13(11)16-12(17)9-5-3-4-6-10(9)14(18)19/h7-10H,2-6H2,1H3,(H,16,17)(H,18,19)/p-1/t9-,10+/m0/s1. The van der Waals surface area contributed by atoms with Crippen LogP contribution in [0.25, 0.3) is 0 Å². The van der Waals surface area contributed by atoms with E-state index in [9.17, 15) is 19.5 Å². The summed E-state index contributed by atoms with van der Waals surface area (Å²) < 4.78 is 4.93. The fraction of sp³-hybridized carbons (Fsp3) is 0.533. The molecule has 1 saturated carbocycles. The summed E-state index contributed by atoms with van der Waals surface area (Å²) in [5.74, 6) is -3.44. The largest absolute Gasteiger partial charge is 0.550 e. The van der Waals surface area contributed by atoms with E-state index >= 15 is 0 Å². The number of carbonyl (C=O) groups excluding carboxylic acids is 3. The Hall–Kier alpha value is -1.89. The van der Waals surface area contributed by atoms with E-state index in [1.165, 1.54) is 11.3 Å². The SMILES string of the molecule is CCOC(=O)c1ccsc1NC(=O)[C@H]1CCCC[C@H]1C(=O)[O-]. The molecule has 1 aromatic rings. The zero-order valence-corrected chi connectivity index (χ0v) is 13.1. The molecule has 1 aliphatic carbocycles. The van der Waals surface area contributed by atoms with Gasteiger partial charge in [-0.15, -0.1) is 11.3 Å². The van der Waals surface area contributed by atoms with Gasteiger partial charge in [0.1, 0.15) is 5.00 Å². The first-order chi connectivity index (χ1) is 10.5. The number of esters is 1. The van der Waals surface area contributed by atoms with Crippen molar-refractivity contribution in [3.63, 3.8) is 0 Å². The summed E-state index contributed by atoms with van der Waals surface area (Å²) in [5, 5.41) is 15.9. The summed E-state index contributed by atoms with van der Waals surface area (Å²) in [5.41, 5.74) is 0.293. The van der Waals surface area contributed by atoms with E-state index in [-0.39, 0.29) is 12.5 Å². The van der Waals surface area contributed by atoms with E-state index in [0.29, 0.717) is 23.4 Å². The lowest BCUT2D eigenvalue weighted by atomic mass is 9.79. The molecule has 0 aromatic carbocycles. The molecule has 0 saturated heterocycles. The molecule has 6 nitrogen and oxygen atoms in total. The van der Waals surface area contributed by atoms with Gasteiger partial charge in [0, 0.05) is 17.8 Å². The minimum atomic E-state index is -1.18. The molecule has 2 rings (SSSR count). The molecule has 0 radical (unpaired) electrons. The highest BCUT2D eigenvalue weighted by atomic mass is 32.1. The number of carbonyl (C=O) groups is 3. The van der Waals surface area contributed by atoms with Crippen molar-refractivity contribution in [2.24, 2.45) is 11.8 Å². The number of anilines is 1. The Balaban J connectivity index is 2.10. The zero-order valence-electron chi connectivity index (χ0n) is 12.3. The van der Waals surface area contributed by atoms with Crippen molar-refractivity contribution in [3.05, 3.63) is 17.0 Å². The van der Waals surface area contributed by atoms with Gasteiger partial charge >= 0.3 is 5.97 Å². The van der Waals surface area contributed by atoms with Crippen LogP contribution in [0.1, 0.15) is 43.0 Å². The first-order valence-corrected chi connectivity index (χ1v) is 8.19. The highest BCUT2D eigenvalue weighted by molar-refractivity contribution is 7.14. The number of nitrogens with one attached hydrogen (secondary N) is 1. The van der Waals surface area contributed by atoms with Gasteiger partial charge in [-0.25, -0.2) is 4.79 Å². The number of amides is 1. The second-order valence-electron chi connectivity index (χ2n) is 5.19. The smallest absolute Gasteiger partial charge is 0.341 e. The third kappa shape index (κ3) is 3.65. The van der Waals surface area contributed by atoms with E-state index in [1.54, 1.807) is 18.4 Å². The second-order valence-corrected chi connectivity index (χ2v) is 6.11. The molecule has 1 aromatic heterocycles. The van der Waals surface area contributed by atoms with E-state index in [0.717, 1.165) is 12.8 Å². The molecular weight excluding hydrogens is 306 g/mol. The third-order valence-corrected chi connectivity index (χ3v) is 4.63. The van der Waals surface area contributed by atoms with Gasteiger partial charge in [0.2, 0.25) is 5.91 Å². The van der Waals surface area contributed by atoms with Gasteiger partial charge < -0.3 is 20.0 Å². The van der Waals surface area contributed by atoms with E-state index in [1.807, 2.05) is 0 Å². The molecule has 0 bridgehead atoms. The Kier molecular flexibility index (Phi) is 5.54. The second kappa shape index (κ2) is 7.40. The Morgan fingerprint density at radius 2 is 2.00 bits per heavy atom. The summed E-state index contributed by atoms with van der Waals surface area (Å²) in [6.07, 6.45) is 2.58. The lowest BCUT2D eigenvalue weighted by molar-refractivity contribution is -0.313. The molecule has 7 heteroatoms. The molecule has 0 unspecified atom stereocenters. The summed E-state index contributed by atoms with van der Waals surface area (Å²) >= 11 is 1.21. The van der Waals surface area contributed by atoms with Crippen LogP contribution >= 0.6 is 11.3 Å². The van der Waals surface area contributed by atoms with Gasteiger partial charge in [-0.1, -0.05) is 12.8 Å². The highest BCUT2D eigenvalue weighted by Gasteiger charge is 2.32. The normalized spacial score (nSPS) is 21.1. The van der Waals surface area contributed by atoms with Crippen molar-refractivity contribution in [2.75, 3.05) is 11.9 Å². The third-order valence-electron chi connectivity index (χ3n) is 3.80. The average molecular weight is 324 g/mol. The monoisotopic (exact) mass is 324 g/mol. The molecule has 0 aliphatic heterocycles. The van der Waals surface area contributed by atoms with Gasteiger partial charge in [0.05, 0.1) is 12.2 Å². The lowest BCUT2D eigenvalue weighted by Gasteiger charge is -2.31. The molecule has 120 valence electrons. The van der Waals surface area contributed by atoms with Crippen molar-refractivity contribution >= 4 is 34.2 Å². The van der Waals surface area contributed by atoms with Crippen LogP contribution in [-0.4, -0.2) is 24.5 Å². The maximum absolute atomic E-state index is 12.4. The topological polar surface area (TPSA) is 95.5 Å². The molecule has 1 amide bonds. The number of hydrogen-bond acceptors (Lipinski definition) is 6. The van der Waals surface area contributed by atoms with Crippen molar-refractivity contribution in [2.45, 2.75) is 32.6 Å². The van der Waals surface area contributed by atoms with Gasteiger partial charge in [0.25, 0.3) is 0 Å². The van der Waals surface area contributed by atoms with Crippen LogP contribution < -0.4 is 10.4 Å². The fourth-order valence-electron chi connectivity index (χ4n) is 2.71. The van der Waals surface area contributed by atoms with E-state index in [4.69, 9.17) is 4.74 Å². The van der Waals surface area contributed by atoms with Gasteiger partial charge in [0.15, 0.2) is 0 Å². The van der Waals surface area contributed by atoms with Crippen LogP contribution in [0.15, 0.2) is 11.4 Å². The van der Waals surface area contributed by atoms with Crippen molar-refractivity contribution in [3.8, 4) is 0 Å². The molecule has 2 atom stereocenters. The van der Waals surface area contributed by atoms with Crippen LogP contribution in [0.2, 0.25) is 0 Å². The van der Waals surface area contributed by atoms with Crippen LogP contribution in [0.5, 0.6) is 0 Å². The molecular formula is C15H18NO5S-. The van der Waals surface area contributed by atoms with Gasteiger partial charge in [-0.05, 0) is 31.2 Å². The number of hydrogen-bond donors (Lipinski definition) is 1. The molecule has 1 heterocycles. The number of aliphatic carboxylic acids is 1. The van der Waals surface area contributed by atoms with Crippen LogP contribution in [-0.2, 0) is 14.3 Å². The Morgan fingerprint density at radius 1 is 1.32 bits per heavy atom. The lowest BCUT2D eigenvalue weighted by Crippen LogP contribution is -2.42. The Labute approximate surface area is 132 Å². The average Bonchev–Trinajstić information content (AvgIpc) is 2.95. The van der Waals surface area contributed by atoms with E-state index < -0.39 is 23.8 Å². The molecule has 22 heavy (non-hydrogen) atoms. The van der Waals surface area contributed by atoms with E-state index in [2.05, 4.69) is 5.32 Å². The van der Waals surface area contributed by atoms with Crippen molar-refractivity contribution < 1.29 is 24.2 Å². The number of thiophene rings is 1. The quantitative estimate of drug-likeness (QED) is 0.826. The summed E-state index contributed by atoms with van der Waals surface area (Å²) in [4.78, 5) is 35.3. The fourth-order valence-corrected chi connectivity index (χ4v) is 3.49. The molecule has 1 fully saturated rings. The van der Waals surface area contributed by atoms with Gasteiger partial charge in [-0.2, -0.15) is 0 Å². The zero-order chi connectivity index (χ0) is 16.1. The summed E-state index contributed by atoms with van der Waals surface area (Å²) in [7, 11) is 0. The number of carboxylic acid groups (broad SMARTS) is 1. The minimum absolute atomic E-state index is 0.247. The minimum Gasteiger partial charge on any atom is -0.550 e. The predicted octanol–water partition coefficient (Wildman–Crippen LogP) is 1.42. The maximum atomic E-state index is 12.4. The molecule has 0 spiro atoms. The van der Waals surface area contributed by atoms with Crippen LogP contribution in [0, 0.1) is 11.8 Å².